The van der Waals surface area contributed by atoms with Crippen molar-refractivity contribution >= 4 is 40.3 Å². The summed E-state index contributed by atoms with van der Waals surface area (Å²) in [6.07, 6.45) is 2.83. The molecule has 1 aromatic heterocycles. The zero-order valence-corrected chi connectivity index (χ0v) is 19.6. The Kier molecular flexibility index (Phi) is 7.27. The summed E-state index contributed by atoms with van der Waals surface area (Å²) in [6.45, 7) is 2.50. The van der Waals surface area contributed by atoms with Gasteiger partial charge in [0.15, 0.2) is 16.7 Å². The summed E-state index contributed by atoms with van der Waals surface area (Å²) >= 11 is 1.23. The first kappa shape index (κ1) is 23.8. The molecule has 0 unspecified atom stereocenters. The van der Waals surface area contributed by atoms with Crippen LogP contribution in [-0.2, 0) is 4.79 Å². The molecule has 2 heterocycles. The third-order valence-electron chi connectivity index (χ3n) is 4.66. The van der Waals surface area contributed by atoms with Crippen molar-refractivity contribution < 1.29 is 23.9 Å². The van der Waals surface area contributed by atoms with Crippen molar-refractivity contribution in [2.24, 2.45) is 4.99 Å². The van der Waals surface area contributed by atoms with Crippen molar-refractivity contribution in [3.05, 3.63) is 81.4 Å². The maximum absolute atomic E-state index is 12.4. The summed E-state index contributed by atoms with van der Waals surface area (Å²) in [7, 11) is 1.49. The van der Waals surface area contributed by atoms with E-state index < -0.39 is 4.92 Å². The van der Waals surface area contributed by atoms with Crippen LogP contribution in [0.5, 0.6) is 23.1 Å². The zero-order valence-electron chi connectivity index (χ0n) is 18.8. The molecule has 10 nitrogen and oxygen atoms in total. The van der Waals surface area contributed by atoms with E-state index in [2.05, 4.69) is 15.3 Å². The minimum absolute atomic E-state index is 0.135. The van der Waals surface area contributed by atoms with E-state index in [1.165, 1.54) is 31.0 Å². The summed E-state index contributed by atoms with van der Waals surface area (Å²) < 4.78 is 16.5. The van der Waals surface area contributed by atoms with E-state index in [4.69, 9.17) is 14.2 Å². The lowest BCUT2D eigenvalue weighted by molar-refractivity contribution is -0.385. The number of hydrogen-bond acceptors (Lipinski definition) is 9. The minimum Gasteiger partial charge on any atom is -0.494 e. The smallest absolute Gasteiger partial charge is 0.287 e. The first-order valence-electron chi connectivity index (χ1n) is 10.4. The van der Waals surface area contributed by atoms with Crippen LogP contribution in [0.4, 0.5) is 11.4 Å². The Labute approximate surface area is 204 Å². The Balaban J connectivity index is 1.48. The summed E-state index contributed by atoms with van der Waals surface area (Å²) in [4.78, 5) is 31.6. The van der Waals surface area contributed by atoms with Crippen LogP contribution in [-0.4, -0.2) is 34.7 Å². The summed E-state index contributed by atoms with van der Waals surface area (Å²) in [6, 6.07) is 15.1. The molecular formula is C24H20N4O6S. The average Bonchev–Trinajstić information content (AvgIpc) is 3.20. The fourth-order valence-corrected chi connectivity index (χ4v) is 3.89. The molecule has 178 valence electrons. The highest BCUT2D eigenvalue weighted by atomic mass is 32.2. The molecule has 1 saturated heterocycles. The van der Waals surface area contributed by atoms with Crippen molar-refractivity contribution in [3.63, 3.8) is 0 Å². The number of thioether (sulfide) groups is 1. The fourth-order valence-electron chi connectivity index (χ4n) is 3.04. The lowest BCUT2D eigenvalue weighted by atomic mass is 10.2. The van der Waals surface area contributed by atoms with E-state index >= 15 is 0 Å². The van der Waals surface area contributed by atoms with E-state index in [1.54, 1.807) is 24.3 Å². The van der Waals surface area contributed by atoms with Crippen LogP contribution >= 0.6 is 11.8 Å². The highest BCUT2D eigenvalue weighted by Gasteiger charge is 2.24. The van der Waals surface area contributed by atoms with Gasteiger partial charge in [0.05, 0.1) is 29.2 Å². The molecule has 0 bridgehead atoms. The molecule has 3 aromatic rings. The standard InChI is InChI=1S/C24H20N4O6S/c1-3-33-18-8-5-16(6-9-18)26-24-27-23(29)21(35-24)13-15-4-10-19(20(12-15)32-2)34-22-11-7-17(14-25-22)28(30)31/h4-14H,3H2,1-2H3,(H,26,27,29)/b21-13+. The lowest BCUT2D eigenvalue weighted by Gasteiger charge is -2.10. The van der Waals surface area contributed by atoms with Gasteiger partial charge in [0.25, 0.3) is 11.6 Å². The maximum Gasteiger partial charge on any atom is 0.287 e. The minimum atomic E-state index is -0.537. The fraction of sp³-hybridized carbons (Fsp3) is 0.125. The van der Waals surface area contributed by atoms with Gasteiger partial charge in [-0.3, -0.25) is 14.9 Å². The van der Waals surface area contributed by atoms with Crippen molar-refractivity contribution in [2.45, 2.75) is 6.92 Å². The molecule has 11 heteroatoms. The molecule has 0 spiro atoms. The number of methoxy groups -OCH3 is 1. The average molecular weight is 493 g/mol. The van der Waals surface area contributed by atoms with Gasteiger partial charge in [0.2, 0.25) is 5.88 Å². The monoisotopic (exact) mass is 492 g/mol. The van der Waals surface area contributed by atoms with Gasteiger partial charge in [-0.2, -0.15) is 0 Å². The Hall–Kier alpha value is -4.38. The summed E-state index contributed by atoms with van der Waals surface area (Å²) in [5.74, 6) is 1.46. The largest absolute Gasteiger partial charge is 0.494 e. The van der Waals surface area contributed by atoms with Gasteiger partial charge in [-0.05, 0) is 66.7 Å². The molecule has 0 atom stereocenters. The second-order valence-corrected chi connectivity index (χ2v) is 8.06. The molecule has 0 aliphatic carbocycles. The van der Waals surface area contributed by atoms with Crippen LogP contribution in [0.25, 0.3) is 6.08 Å². The topological polar surface area (TPSA) is 125 Å². The predicted molar refractivity (Wildman–Crippen MR) is 132 cm³/mol. The highest BCUT2D eigenvalue weighted by molar-refractivity contribution is 8.18. The molecule has 2 aromatic carbocycles. The quantitative estimate of drug-likeness (QED) is 0.262. The first-order valence-corrected chi connectivity index (χ1v) is 11.3. The number of carbonyl (C=O) groups excluding carboxylic acids is 1. The molecule has 1 amide bonds. The van der Waals surface area contributed by atoms with Gasteiger partial charge in [0, 0.05) is 12.1 Å². The SMILES string of the molecule is CCOc1ccc(N=C2NC(=O)/C(=C\c3ccc(Oc4ccc([N+](=O)[O-])cn4)c(OC)c3)S2)cc1. The van der Waals surface area contributed by atoms with E-state index in [-0.39, 0.29) is 17.5 Å². The van der Waals surface area contributed by atoms with E-state index in [0.29, 0.717) is 39.4 Å². The van der Waals surface area contributed by atoms with E-state index in [9.17, 15) is 14.9 Å². The third kappa shape index (κ3) is 5.95. The number of aromatic nitrogens is 1. The first-order chi connectivity index (χ1) is 16.9. The number of nitro groups is 1. The molecule has 1 fully saturated rings. The lowest BCUT2D eigenvalue weighted by Crippen LogP contribution is -2.19. The van der Waals surface area contributed by atoms with Crippen molar-refractivity contribution in [1.82, 2.24) is 10.3 Å². The van der Waals surface area contributed by atoms with Crippen LogP contribution in [0.1, 0.15) is 12.5 Å². The van der Waals surface area contributed by atoms with Crippen LogP contribution < -0.4 is 19.5 Å². The van der Waals surface area contributed by atoms with Crippen LogP contribution in [0, 0.1) is 10.1 Å². The second kappa shape index (κ2) is 10.7. The third-order valence-corrected chi connectivity index (χ3v) is 5.57. The van der Waals surface area contributed by atoms with Crippen molar-refractivity contribution in [3.8, 4) is 23.1 Å². The number of nitrogens with zero attached hydrogens (tertiary/aromatic N) is 3. The number of rotatable bonds is 8. The van der Waals surface area contributed by atoms with E-state index in [0.717, 1.165) is 11.9 Å². The van der Waals surface area contributed by atoms with Gasteiger partial charge in [-0.15, -0.1) is 0 Å². The predicted octanol–water partition coefficient (Wildman–Crippen LogP) is 5.08. The normalized spacial score (nSPS) is 15.2. The highest BCUT2D eigenvalue weighted by Crippen LogP contribution is 2.34. The second-order valence-electron chi connectivity index (χ2n) is 7.03. The van der Waals surface area contributed by atoms with Crippen molar-refractivity contribution in [1.29, 1.82) is 0 Å². The Morgan fingerprint density at radius 1 is 1.14 bits per heavy atom. The molecular weight excluding hydrogens is 472 g/mol. The summed E-state index contributed by atoms with van der Waals surface area (Å²) in [5, 5.41) is 14.0. The Bertz CT molecular complexity index is 1310. The number of amidine groups is 1. The molecule has 4 rings (SSSR count). The number of amides is 1. The number of aliphatic imine (C=N–C) groups is 1. The number of benzene rings is 2. The van der Waals surface area contributed by atoms with E-state index in [1.807, 2.05) is 31.2 Å². The van der Waals surface area contributed by atoms with Gasteiger partial charge in [-0.25, -0.2) is 9.98 Å². The van der Waals surface area contributed by atoms with Gasteiger partial charge >= 0.3 is 0 Å². The number of nitrogens with one attached hydrogen (secondary N) is 1. The number of carbonyl (C=O) groups is 1. The Morgan fingerprint density at radius 3 is 2.60 bits per heavy atom. The maximum atomic E-state index is 12.4. The molecule has 35 heavy (non-hydrogen) atoms. The zero-order chi connectivity index (χ0) is 24.8. The van der Waals surface area contributed by atoms with Crippen LogP contribution in [0.2, 0.25) is 0 Å². The Morgan fingerprint density at radius 2 is 1.94 bits per heavy atom. The molecule has 1 aliphatic heterocycles. The molecule has 1 N–H and O–H groups in total. The van der Waals surface area contributed by atoms with Gasteiger partial charge < -0.3 is 19.5 Å². The molecule has 1 aliphatic rings. The summed E-state index contributed by atoms with van der Waals surface area (Å²) in [5.41, 5.74) is 1.27. The van der Waals surface area contributed by atoms with Crippen LogP contribution in [0.3, 0.4) is 0 Å². The van der Waals surface area contributed by atoms with Gasteiger partial charge in [0.1, 0.15) is 11.9 Å². The molecule has 0 radical (unpaired) electrons. The number of ether oxygens (including phenoxy) is 3. The number of hydrogen-bond donors (Lipinski definition) is 1. The molecule has 0 saturated carbocycles. The number of pyridine rings is 1. The van der Waals surface area contributed by atoms with Gasteiger partial charge in [-0.1, -0.05) is 6.07 Å². The van der Waals surface area contributed by atoms with Crippen molar-refractivity contribution in [2.75, 3.05) is 13.7 Å². The van der Waals surface area contributed by atoms with Crippen LogP contribution in [0.15, 0.2) is 70.7 Å².